The highest BCUT2D eigenvalue weighted by molar-refractivity contribution is 7.89. The van der Waals surface area contributed by atoms with Crippen molar-refractivity contribution in [2.45, 2.75) is 4.90 Å². The summed E-state index contributed by atoms with van der Waals surface area (Å²) in [4.78, 5) is 12.2. The fourth-order valence-corrected chi connectivity index (χ4v) is 4.74. The summed E-state index contributed by atoms with van der Waals surface area (Å²) in [6.07, 6.45) is 0. The summed E-state index contributed by atoms with van der Waals surface area (Å²) in [7, 11) is -3.90. The number of rotatable bonds is 4. The molecular formula is C17H14Cl2F2N2O4S. The molecule has 6 nitrogen and oxygen atoms in total. The Balaban J connectivity index is 1.89. The summed E-state index contributed by atoms with van der Waals surface area (Å²) in [5.41, 5.74) is -0.199. The largest absolute Gasteiger partial charge is 0.379 e. The first-order chi connectivity index (χ1) is 13.2. The maximum Gasteiger partial charge on any atom is 0.257 e. The van der Waals surface area contributed by atoms with Gasteiger partial charge in [0, 0.05) is 18.8 Å². The highest BCUT2D eigenvalue weighted by Crippen LogP contribution is 2.29. The Morgan fingerprint density at radius 1 is 1.04 bits per heavy atom. The van der Waals surface area contributed by atoms with Gasteiger partial charge < -0.3 is 10.1 Å². The summed E-state index contributed by atoms with van der Waals surface area (Å²) >= 11 is 11.8. The standard InChI is InChI=1S/C17H14Cl2F2N2O4S/c18-12-2-1-10(7-16(12)28(25,26)23-3-5-27-6-4-23)22-17(24)11-8-14(20)15(21)9-13(11)19/h1-2,7-9H,3-6H2,(H,22,24). The van der Waals surface area contributed by atoms with Gasteiger partial charge in [0.25, 0.3) is 5.91 Å². The minimum absolute atomic E-state index is 0.0182. The lowest BCUT2D eigenvalue weighted by Crippen LogP contribution is -2.40. The van der Waals surface area contributed by atoms with E-state index >= 15 is 0 Å². The number of benzene rings is 2. The Kier molecular flexibility index (Phi) is 6.21. The molecule has 1 aliphatic heterocycles. The van der Waals surface area contributed by atoms with Crippen LogP contribution in [-0.4, -0.2) is 44.9 Å². The maximum atomic E-state index is 13.4. The summed E-state index contributed by atoms with van der Waals surface area (Å²) in [6.45, 7) is 0.892. The first kappa shape index (κ1) is 20.9. The van der Waals surface area contributed by atoms with E-state index in [1.54, 1.807) is 0 Å². The zero-order valence-corrected chi connectivity index (χ0v) is 16.5. The highest BCUT2D eigenvalue weighted by atomic mass is 35.5. The van der Waals surface area contributed by atoms with Crippen molar-refractivity contribution in [2.24, 2.45) is 0 Å². The molecule has 0 aromatic heterocycles. The molecule has 1 amide bonds. The predicted molar refractivity (Wildman–Crippen MR) is 100 cm³/mol. The monoisotopic (exact) mass is 450 g/mol. The third-order valence-electron chi connectivity index (χ3n) is 4.03. The molecule has 150 valence electrons. The van der Waals surface area contributed by atoms with E-state index in [0.717, 1.165) is 0 Å². The van der Waals surface area contributed by atoms with Crippen LogP contribution in [0.25, 0.3) is 0 Å². The molecule has 1 heterocycles. The van der Waals surface area contributed by atoms with Gasteiger partial charge in [-0.15, -0.1) is 0 Å². The highest BCUT2D eigenvalue weighted by Gasteiger charge is 2.29. The van der Waals surface area contributed by atoms with Crippen LogP contribution < -0.4 is 5.32 Å². The molecule has 0 radical (unpaired) electrons. The SMILES string of the molecule is O=C(Nc1ccc(Cl)c(S(=O)(=O)N2CCOCC2)c1)c1cc(F)c(F)cc1Cl. The molecule has 0 unspecified atom stereocenters. The maximum absolute atomic E-state index is 13.4. The Labute approximate surface area is 170 Å². The van der Waals surface area contributed by atoms with Gasteiger partial charge in [0.2, 0.25) is 10.0 Å². The lowest BCUT2D eigenvalue weighted by atomic mass is 10.2. The molecule has 0 spiro atoms. The topological polar surface area (TPSA) is 75.7 Å². The summed E-state index contributed by atoms with van der Waals surface area (Å²) in [5.74, 6) is -3.26. The van der Waals surface area contributed by atoms with Gasteiger partial charge in [-0.1, -0.05) is 23.2 Å². The number of morpholine rings is 1. The van der Waals surface area contributed by atoms with Crippen molar-refractivity contribution in [1.29, 1.82) is 0 Å². The fourth-order valence-electron chi connectivity index (χ4n) is 2.60. The zero-order valence-electron chi connectivity index (χ0n) is 14.2. The van der Waals surface area contributed by atoms with Gasteiger partial charge in [-0.25, -0.2) is 17.2 Å². The smallest absolute Gasteiger partial charge is 0.257 e. The first-order valence-corrected chi connectivity index (χ1v) is 10.2. The van der Waals surface area contributed by atoms with E-state index in [-0.39, 0.29) is 52.5 Å². The van der Waals surface area contributed by atoms with Gasteiger partial charge in [0.1, 0.15) is 4.90 Å². The number of carbonyl (C=O) groups is 1. The molecule has 0 saturated carbocycles. The van der Waals surface area contributed by atoms with Crippen LogP contribution in [0, 0.1) is 11.6 Å². The van der Waals surface area contributed by atoms with Crippen LogP contribution in [0.5, 0.6) is 0 Å². The summed E-state index contributed by atoms with van der Waals surface area (Å²) in [5, 5.41) is 2.11. The molecule has 0 bridgehead atoms. The van der Waals surface area contributed by atoms with Crippen LogP contribution in [-0.2, 0) is 14.8 Å². The number of nitrogens with one attached hydrogen (secondary N) is 1. The first-order valence-electron chi connectivity index (χ1n) is 8.03. The quantitative estimate of drug-likeness (QED) is 0.722. The van der Waals surface area contributed by atoms with E-state index in [2.05, 4.69) is 5.32 Å². The Morgan fingerprint density at radius 2 is 1.68 bits per heavy atom. The summed E-state index contributed by atoms with van der Waals surface area (Å²) in [6, 6.07) is 5.23. The Hall–Kier alpha value is -1.78. The molecule has 1 aliphatic rings. The number of hydrogen-bond acceptors (Lipinski definition) is 4. The molecule has 0 aliphatic carbocycles. The molecule has 28 heavy (non-hydrogen) atoms. The Bertz CT molecular complexity index is 1030. The van der Waals surface area contributed by atoms with Crippen molar-refractivity contribution in [2.75, 3.05) is 31.6 Å². The summed E-state index contributed by atoms with van der Waals surface area (Å²) < 4.78 is 58.6. The normalized spacial score (nSPS) is 15.4. The number of ether oxygens (including phenoxy) is 1. The molecule has 0 atom stereocenters. The molecule has 1 saturated heterocycles. The van der Waals surface area contributed by atoms with Crippen LogP contribution in [0.2, 0.25) is 10.0 Å². The van der Waals surface area contributed by atoms with Crippen LogP contribution in [0.4, 0.5) is 14.5 Å². The van der Waals surface area contributed by atoms with Crippen molar-refractivity contribution >= 4 is 44.8 Å². The number of sulfonamides is 1. The van der Waals surface area contributed by atoms with Gasteiger partial charge in [0.05, 0.1) is 28.8 Å². The van der Waals surface area contributed by atoms with Gasteiger partial charge in [0.15, 0.2) is 11.6 Å². The number of halogens is 4. The van der Waals surface area contributed by atoms with Crippen LogP contribution in [0.3, 0.4) is 0 Å². The molecule has 2 aromatic carbocycles. The number of carbonyl (C=O) groups excluding carboxylic acids is 1. The second kappa shape index (κ2) is 8.30. The average molecular weight is 451 g/mol. The number of amides is 1. The molecular weight excluding hydrogens is 437 g/mol. The Morgan fingerprint density at radius 3 is 2.36 bits per heavy atom. The van der Waals surface area contributed by atoms with Crippen LogP contribution in [0.1, 0.15) is 10.4 Å². The fraction of sp³-hybridized carbons (Fsp3) is 0.235. The van der Waals surface area contributed by atoms with E-state index in [1.807, 2.05) is 0 Å². The van der Waals surface area contributed by atoms with E-state index in [4.69, 9.17) is 27.9 Å². The number of anilines is 1. The number of nitrogens with zero attached hydrogens (tertiary/aromatic N) is 1. The lowest BCUT2D eigenvalue weighted by molar-refractivity contribution is 0.0730. The average Bonchev–Trinajstić information content (AvgIpc) is 2.66. The molecule has 3 rings (SSSR count). The molecule has 11 heteroatoms. The third kappa shape index (κ3) is 4.28. The van der Waals surface area contributed by atoms with E-state index in [0.29, 0.717) is 12.1 Å². The lowest BCUT2D eigenvalue weighted by Gasteiger charge is -2.26. The molecule has 2 aromatic rings. The predicted octanol–water partition coefficient (Wildman–Crippen LogP) is 3.54. The molecule has 1 N–H and O–H groups in total. The zero-order chi connectivity index (χ0) is 20.5. The van der Waals surface area contributed by atoms with Gasteiger partial charge >= 0.3 is 0 Å². The van der Waals surface area contributed by atoms with Crippen molar-refractivity contribution in [3.05, 3.63) is 57.6 Å². The van der Waals surface area contributed by atoms with E-state index in [1.165, 1.54) is 22.5 Å². The van der Waals surface area contributed by atoms with Crippen molar-refractivity contribution < 1.29 is 26.7 Å². The van der Waals surface area contributed by atoms with Crippen LogP contribution >= 0.6 is 23.2 Å². The minimum atomic E-state index is -3.90. The number of hydrogen-bond donors (Lipinski definition) is 1. The van der Waals surface area contributed by atoms with Gasteiger partial charge in [-0.2, -0.15) is 4.31 Å². The van der Waals surface area contributed by atoms with Crippen molar-refractivity contribution in [3.63, 3.8) is 0 Å². The second-order valence-electron chi connectivity index (χ2n) is 5.86. The van der Waals surface area contributed by atoms with Crippen molar-refractivity contribution in [1.82, 2.24) is 4.31 Å². The third-order valence-corrected chi connectivity index (χ3v) is 6.72. The second-order valence-corrected chi connectivity index (χ2v) is 8.58. The van der Waals surface area contributed by atoms with E-state index in [9.17, 15) is 22.0 Å². The van der Waals surface area contributed by atoms with Crippen molar-refractivity contribution in [3.8, 4) is 0 Å². The van der Waals surface area contributed by atoms with E-state index < -0.39 is 27.6 Å². The minimum Gasteiger partial charge on any atom is -0.379 e. The van der Waals surface area contributed by atoms with Gasteiger partial charge in [-0.05, 0) is 30.3 Å². The van der Waals surface area contributed by atoms with Crippen LogP contribution in [0.15, 0.2) is 35.2 Å². The molecule has 1 fully saturated rings. The van der Waals surface area contributed by atoms with Gasteiger partial charge in [-0.3, -0.25) is 4.79 Å².